The zero-order chi connectivity index (χ0) is 39.5. The number of unbranched alkanes of at least 4 members (excludes halogenated alkanes) is 4. The summed E-state index contributed by atoms with van der Waals surface area (Å²) in [5.74, 6) is -0.508. The predicted molar refractivity (Wildman–Crippen MR) is 227 cm³/mol. The maximum atomic E-state index is 13.1. The van der Waals surface area contributed by atoms with E-state index in [1.807, 2.05) is 22.9 Å². The molecule has 7 rings (SSSR count). The predicted octanol–water partition coefficient (Wildman–Crippen LogP) is 3.88. The van der Waals surface area contributed by atoms with E-state index >= 15 is 0 Å². The molecule has 3 saturated heterocycles. The number of piperidine rings is 1. The van der Waals surface area contributed by atoms with Gasteiger partial charge in [-0.1, -0.05) is 61.4 Å². The molecule has 3 aliphatic heterocycles. The van der Waals surface area contributed by atoms with E-state index < -0.39 is 17.7 Å². The van der Waals surface area contributed by atoms with Gasteiger partial charge in [-0.3, -0.25) is 0 Å². The van der Waals surface area contributed by atoms with Gasteiger partial charge in [-0.15, -0.1) is 35.1 Å². The van der Waals surface area contributed by atoms with Crippen LogP contribution in [0.5, 0.6) is 5.75 Å². The number of aliphatic hydroxyl groups is 3. The molecule has 0 aliphatic carbocycles. The number of ether oxygens (including phenoxy) is 3. The highest BCUT2D eigenvalue weighted by Crippen LogP contribution is 2.52. The van der Waals surface area contributed by atoms with Crippen LogP contribution in [0, 0.1) is 0 Å². The first kappa shape index (κ1) is 48.1. The van der Waals surface area contributed by atoms with Crippen molar-refractivity contribution in [3.63, 3.8) is 0 Å². The first-order valence-corrected chi connectivity index (χ1v) is 21.8. The summed E-state index contributed by atoms with van der Waals surface area (Å²) in [5.41, 5.74) is 0.814. The Hall–Kier alpha value is -2.59. The minimum atomic E-state index is -1.72. The highest BCUT2D eigenvalue weighted by molar-refractivity contribution is 7.12. The lowest BCUT2D eigenvalue weighted by molar-refractivity contribution is -0.938. The van der Waals surface area contributed by atoms with Crippen molar-refractivity contribution in [2.24, 2.45) is 0 Å². The largest absolute Gasteiger partial charge is 1.00 e. The molecule has 0 saturated carbocycles. The number of hydrogen-bond acceptors (Lipinski definition) is 11. The Morgan fingerprint density at radius 2 is 1.52 bits per heavy atom. The number of aryl methyl sites for hydroxylation is 1. The Balaban J connectivity index is 0.000000249. The van der Waals surface area contributed by atoms with Crippen LogP contribution >= 0.6 is 35.1 Å². The van der Waals surface area contributed by atoms with Crippen molar-refractivity contribution in [3.05, 3.63) is 110 Å². The second-order valence-corrected chi connectivity index (χ2v) is 17.6. The number of morpholine rings is 1. The zero-order valence-electron chi connectivity index (χ0n) is 33.4. The Kier molecular flexibility index (Phi) is 18.9. The molecular weight excluding hydrogens is 820 g/mol. The van der Waals surface area contributed by atoms with Crippen LogP contribution < -0.4 is 17.7 Å². The van der Waals surface area contributed by atoms with E-state index in [0.717, 1.165) is 75.6 Å². The van der Waals surface area contributed by atoms with Gasteiger partial charge in [0, 0.05) is 38.2 Å². The van der Waals surface area contributed by atoms with E-state index in [-0.39, 0.29) is 43.3 Å². The summed E-state index contributed by atoms with van der Waals surface area (Å²) in [6.07, 6.45) is 9.29. The van der Waals surface area contributed by atoms with Crippen molar-refractivity contribution in [1.29, 1.82) is 0 Å². The second-order valence-electron chi connectivity index (χ2n) is 15.7. The molecule has 14 heteroatoms. The number of rotatable bonds is 20. The monoisotopic (exact) mass is 878 g/mol. The number of nitrogens with zero attached hydrogens (tertiary/aromatic N) is 1. The van der Waals surface area contributed by atoms with E-state index in [1.54, 1.807) is 24.3 Å². The first-order valence-electron chi connectivity index (χ1n) is 20.1. The van der Waals surface area contributed by atoms with Gasteiger partial charge in [0.15, 0.2) is 0 Å². The average Bonchev–Trinajstić information content (AvgIpc) is 3.49. The molecule has 0 radical (unpaired) electrons. The summed E-state index contributed by atoms with van der Waals surface area (Å²) in [6, 6.07) is 23.4. The van der Waals surface area contributed by atoms with Gasteiger partial charge in [0.25, 0.3) is 0 Å². The van der Waals surface area contributed by atoms with Crippen LogP contribution in [0.3, 0.4) is 0 Å². The van der Waals surface area contributed by atoms with Gasteiger partial charge in [-0.25, -0.2) is 4.79 Å². The second kappa shape index (κ2) is 22.9. The lowest BCUT2D eigenvalue weighted by Crippen LogP contribution is -3.00. The number of carbonyl (C=O) groups is 1. The number of aromatic hydroxyl groups is 1. The maximum Gasteiger partial charge on any atom is 0.349 e. The van der Waals surface area contributed by atoms with Crippen LogP contribution in [0.4, 0.5) is 0 Å². The van der Waals surface area contributed by atoms with Crippen molar-refractivity contribution in [2.75, 3.05) is 40.4 Å². The molecule has 3 aliphatic rings. The molecule has 2 aromatic heterocycles. The Morgan fingerprint density at radius 1 is 0.897 bits per heavy atom. The number of quaternary nitrogens is 1. The summed E-state index contributed by atoms with van der Waals surface area (Å²) >= 11 is 2.74. The SMILES string of the molecule is C[N+]1(C)[C@@H]2CC(OC(=O)C(O)(c3cccs3)c3cccs3)C[C@H]1[C@@H]1O[C@@H]12.Cl.OCc1cc(C(O)CNCCCCCCOCCCCc2ccccc2)ccc1O.[Cl-]. The molecule has 2 unspecified atom stereocenters. The third-order valence-corrected chi connectivity index (χ3v) is 13.6. The highest BCUT2D eigenvalue weighted by atomic mass is 35.5. The minimum Gasteiger partial charge on any atom is -1.00 e. The van der Waals surface area contributed by atoms with Crippen molar-refractivity contribution in [1.82, 2.24) is 5.32 Å². The van der Waals surface area contributed by atoms with Gasteiger partial charge >= 0.3 is 5.97 Å². The number of thiophene rings is 2. The number of nitrogens with one attached hydrogen (secondary N) is 1. The first-order chi connectivity index (χ1) is 27.1. The number of hydrogen-bond donors (Lipinski definition) is 5. The fourth-order valence-corrected chi connectivity index (χ4v) is 9.93. The molecule has 4 aromatic rings. The number of phenols is 1. The summed E-state index contributed by atoms with van der Waals surface area (Å²) in [4.78, 5) is 14.3. The molecule has 58 heavy (non-hydrogen) atoms. The van der Waals surface area contributed by atoms with Crippen LogP contribution in [-0.4, -0.2) is 102 Å². The Morgan fingerprint density at radius 3 is 2.12 bits per heavy atom. The van der Waals surface area contributed by atoms with E-state index in [2.05, 4.69) is 49.7 Å². The lowest BCUT2D eigenvalue weighted by atomic mass is 9.95. The molecule has 320 valence electrons. The van der Waals surface area contributed by atoms with E-state index in [4.69, 9.17) is 14.2 Å². The molecule has 2 aromatic carbocycles. The molecule has 5 heterocycles. The number of fused-ring (bicyclic) bond motifs is 5. The van der Waals surface area contributed by atoms with Gasteiger partial charge in [0.05, 0.1) is 36.6 Å². The Labute approximate surface area is 363 Å². The fourth-order valence-electron chi connectivity index (χ4n) is 8.21. The number of benzene rings is 2. The minimum absolute atomic E-state index is 0. The zero-order valence-corrected chi connectivity index (χ0v) is 36.6. The molecule has 0 spiro atoms. The van der Waals surface area contributed by atoms with E-state index in [1.165, 1.54) is 40.7 Å². The van der Waals surface area contributed by atoms with Crippen molar-refractivity contribution < 1.29 is 56.3 Å². The van der Waals surface area contributed by atoms with Crippen molar-refractivity contribution in [2.45, 2.75) is 106 Å². The quantitative estimate of drug-likeness (QED) is 0.0388. The van der Waals surface area contributed by atoms with Crippen LogP contribution in [0.1, 0.15) is 83.9 Å². The van der Waals surface area contributed by atoms with Gasteiger partial charge < -0.3 is 56.8 Å². The van der Waals surface area contributed by atoms with Crippen molar-refractivity contribution in [3.8, 4) is 5.75 Å². The molecule has 2 bridgehead atoms. The average molecular weight is 880 g/mol. The fraction of sp³-hybridized carbons (Fsp3) is 0.523. The van der Waals surface area contributed by atoms with E-state index in [9.17, 15) is 25.2 Å². The summed E-state index contributed by atoms with van der Waals surface area (Å²) in [5, 5.41) is 47.4. The maximum absolute atomic E-state index is 13.1. The normalized spacial score (nSPS) is 21.7. The molecule has 6 atom stereocenters. The smallest absolute Gasteiger partial charge is 0.349 e. The topological polar surface area (TPSA) is 141 Å². The summed E-state index contributed by atoms with van der Waals surface area (Å²) in [6.45, 7) is 2.77. The third-order valence-electron chi connectivity index (χ3n) is 11.6. The van der Waals surface area contributed by atoms with Gasteiger partial charge in [-0.05, 0) is 84.8 Å². The van der Waals surface area contributed by atoms with Crippen LogP contribution in [-0.2, 0) is 37.6 Å². The Bertz CT molecular complexity index is 1730. The molecular formula is C44H60Cl2N2O8S2. The van der Waals surface area contributed by atoms with Gasteiger partial charge in [0.2, 0.25) is 5.60 Å². The molecule has 5 N–H and O–H groups in total. The highest BCUT2D eigenvalue weighted by Gasteiger charge is 2.71. The summed E-state index contributed by atoms with van der Waals surface area (Å²) < 4.78 is 18.4. The number of epoxide rings is 1. The third kappa shape index (κ3) is 12.0. The number of aliphatic hydroxyl groups excluding tert-OH is 2. The number of carbonyl (C=O) groups excluding carboxylic acids is 1. The number of halogens is 2. The number of likely N-dealkylation sites (N-methyl/N-ethyl adjacent to an activating group) is 1. The van der Waals surface area contributed by atoms with E-state index in [0.29, 0.717) is 51.7 Å². The standard InChI is InChI=1S/C25H37NO4.C19H22NO4S2.2ClH/c27-20-23-18-22(13-14-24(23)28)25(29)19-26-15-7-1-2-8-16-30-17-9-6-12-21-10-4-3-5-11-21;1-20(2)12-9-11(10-13(20)17-16(12)24-17)23-18(21)19(22,14-5-3-7-25-14)15-6-4-8-26-15;;/h3-5,10-11,13-14,18,25-29H,1-2,6-9,12,15-17,19-20H2;3-8,11-13,16-17,22H,9-10H2,1-2H3;2*1H/q;+1;;/p-1/t;11?,12-,13+,16-,17+;;. The van der Waals surface area contributed by atoms with Crippen LogP contribution in [0.2, 0.25) is 0 Å². The van der Waals surface area contributed by atoms with Gasteiger partial charge in [-0.2, -0.15) is 0 Å². The molecule has 3 fully saturated rings. The molecule has 0 amide bonds. The van der Waals surface area contributed by atoms with Crippen LogP contribution in [0.15, 0.2) is 83.6 Å². The molecule has 10 nitrogen and oxygen atoms in total. The van der Waals surface area contributed by atoms with Gasteiger partial charge in [0.1, 0.15) is 36.1 Å². The van der Waals surface area contributed by atoms with Crippen molar-refractivity contribution >= 4 is 41.0 Å². The lowest BCUT2D eigenvalue weighted by Gasteiger charge is -2.45. The summed E-state index contributed by atoms with van der Waals surface area (Å²) in [7, 11) is 4.49. The number of esters is 1. The van der Waals surface area contributed by atoms with Crippen LogP contribution in [0.25, 0.3) is 0 Å².